The number of hydrogen-bond donors (Lipinski definition) is 3. The van der Waals surface area contributed by atoms with Crippen molar-refractivity contribution in [3.05, 3.63) is 84.4 Å². The first-order valence-electron chi connectivity index (χ1n) is 8.54. The summed E-state index contributed by atoms with van der Waals surface area (Å²) in [7, 11) is 0. The summed E-state index contributed by atoms with van der Waals surface area (Å²) >= 11 is 0. The van der Waals surface area contributed by atoms with Crippen molar-refractivity contribution >= 4 is 11.8 Å². The van der Waals surface area contributed by atoms with Crippen LogP contribution >= 0.6 is 0 Å². The highest BCUT2D eigenvalue weighted by atomic mass is 16.5. The van der Waals surface area contributed by atoms with Gasteiger partial charge in [0.25, 0.3) is 5.89 Å². The van der Waals surface area contributed by atoms with E-state index in [-0.39, 0.29) is 17.3 Å². The Balaban J connectivity index is 0.000000216. The number of hydrogen-bond acceptors (Lipinski definition) is 8. The molecule has 30 heavy (non-hydrogen) atoms. The number of oxime groups is 1. The molecule has 4 N–H and O–H groups in total. The second-order valence-electron chi connectivity index (χ2n) is 5.78. The van der Waals surface area contributed by atoms with Gasteiger partial charge in [0.1, 0.15) is 0 Å². The van der Waals surface area contributed by atoms with Gasteiger partial charge in [-0.05, 0) is 42.5 Å². The maximum absolute atomic E-state index is 10.9. The van der Waals surface area contributed by atoms with E-state index < -0.39 is 5.97 Å². The van der Waals surface area contributed by atoms with Crippen molar-refractivity contribution in [2.45, 2.75) is 0 Å². The Morgan fingerprint density at radius 1 is 0.967 bits per heavy atom. The number of nitrogens with zero attached hydrogens (tertiary/aromatic N) is 5. The highest BCUT2D eigenvalue weighted by Gasteiger charge is 2.12. The molecule has 0 aliphatic carbocycles. The fourth-order valence-corrected chi connectivity index (χ4v) is 2.31. The van der Waals surface area contributed by atoms with Crippen molar-refractivity contribution < 1.29 is 19.6 Å². The van der Waals surface area contributed by atoms with E-state index >= 15 is 0 Å². The molecule has 0 saturated carbocycles. The third kappa shape index (κ3) is 5.01. The molecule has 1 aromatic carbocycles. The van der Waals surface area contributed by atoms with Gasteiger partial charge in [-0.2, -0.15) is 4.98 Å². The van der Waals surface area contributed by atoms with Crippen molar-refractivity contribution in [1.82, 2.24) is 20.1 Å². The molecule has 4 rings (SSSR count). The molecular weight excluding hydrogens is 388 g/mol. The fourth-order valence-electron chi connectivity index (χ4n) is 2.31. The van der Waals surface area contributed by atoms with Gasteiger partial charge in [0, 0.05) is 41.5 Å². The number of nitrogens with two attached hydrogens (primary N) is 1. The Morgan fingerprint density at radius 3 is 2.30 bits per heavy atom. The van der Waals surface area contributed by atoms with Crippen LogP contribution in [0.3, 0.4) is 0 Å². The van der Waals surface area contributed by atoms with Crippen LogP contribution in [0.25, 0.3) is 22.8 Å². The second kappa shape index (κ2) is 9.55. The molecule has 0 aliphatic heterocycles. The molecule has 3 aromatic heterocycles. The molecule has 0 spiro atoms. The summed E-state index contributed by atoms with van der Waals surface area (Å²) in [6.45, 7) is 0. The van der Waals surface area contributed by atoms with E-state index in [0.29, 0.717) is 17.0 Å². The van der Waals surface area contributed by atoms with Gasteiger partial charge in [-0.3, -0.25) is 9.97 Å². The van der Waals surface area contributed by atoms with Crippen molar-refractivity contribution in [3.63, 3.8) is 0 Å². The lowest BCUT2D eigenvalue weighted by Crippen LogP contribution is -2.12. The molecule has 0 aliphatic rings. The van der Waals surface area contributed by atoms with Crippen molar-refractivity contribution in [2.24, 2.45) is 10.9 Å². The Labute approximate surface area is 170 Å². The maximum Gasteiger partial charge on any atom is 0.335 e. The summed E-state index contributed by atoms with van der Waals surface area (Å²) in [4.78, 5) is 22.9. The van der Waals surface area contributed by atoms with Crippen LogP contribution in [-0.4, -0.2) is 42.2 Å². The van der Waals surface area contributed by atoms with Gasteiger partial charge in [-0.1, -0.05) is 16.4 Å². The number of aromatic carboxylic acids is 1. The minimum Gasteiger partial charge on any atom is -0.478 e. The topological polar surface area (TPSA) is 161 Å². The molecule has 0 atom stereocenters. The van der Waals surface area contributed by atoms with Gasteiger partial charge in [-0.15, -0.1) is 0 Å². The summed E-state index contributed by atoms with van der Waals surface area (Å²) in [5.41, 5.74) is 7.34. The van der Waals surface area contributed by atoms with E-state index in [1.165, 1.54) is 18.3 Å². The van der Waals surface area contributed by atoms with Crippen LogP contribution in [0.1, 0.15) is 15.9 Å². The normalized spacial score (nSPS) is 10.7. The second-order valence-corrected chi connectivity index (χ2v) is 5.78. The minimum atomic E-state index is -1.00. The Hall–Kier alpha value is -4.60. The SMILES string of the molecule is N/C(=N\O)c1cccnc1.O=C(O)c1cccc(-c2nc(-c3cccnc3)no2)c1. The third-order valence-electron chi connectivity index (χ3n) is 3.77. The standard InChI is InChI=1S/C14H9N3O3.C6H7N3O/c18-14(19)10-4-1-3-9(7-10)13-16-12(17-20-13)11-5-2-6-15-8-11;7-6(9-10)5-2-1-3-8-4-5/h1-8H,(H,18,19);1-4,10H,(H2,7,9). The van der Waals surface area contributed by atoms with Crippen LogP contribution in [0.15, 0.2) is 83.0 Å². The molecule has 10 nitrogen and oxygen atoms in total. The van der Waals surface area contributed by atoms with Gasteiger partial charge in [0.05, 0.1) is 5.56 Å². The number of carbonyl (C=O) groups is 1. The van der Waals surface area contributed by atoms with Crippen LogP contribution in [0.2, 0.25) is 0 Å². The van der Waals surface area contributed by atoms with E-state index in [9.17, 15) is 4.79 Å². The van der Waals surface area contributed by atoms with Gasteiger partial charge >= 0.3 is 5.97 Å². The molecule has 0 bridgehead atoms. The van der Waals surface area contributed by atoms with E-state index in [1.807, 2.05) is 6.07 Å². The maximum atomic E-state index is 10.9. The van der Waals surface area contributed by atoms with Crippen molar-refractivity contribution in [3.8, 4) is 22.8 Å². The Bertz CT molecular complexity index is 1150. The van der Waals surface area contributed by atoms with Gasteiger partial charge in [-0.25, -0.2) is 4.79 Å². The number of amidine groups is 1. The number of carboxylic acids is 1. The molecule has 0 unspecified atom stereocenters. The highest BCUT2D eigenvalue weighted by molar-refractivity contribution is 5.96. The Kier molecular flexibility index (Phi) is 6.41. The van der Waals surface area contributed by atoms with Crippen LogP contribution in [-0.2, 0) is 0 Å². The zero-order valence-corrected chi connectivity index (χ0v) is 15.5. The molecule has 150 valence electrons. The zero-order valence-electron chi connectivity index (χ0n) is 15.5. The zero-order chi connectivity index (χ0) is 21.3. The molecule has 4 aromatic rings. The Morgan fingerprint density at radius 2 is 1.67 bits per heavy atom. The number of benzene rings is 1. The lowest BCUT2D eigenvalue weighted by atomic mass is 10.1. The average molecular weight is 404 g/mol. The number of rotatable bonds is 4. The molecule has 0 fully saturated rings. The van der Waals surface area contributed by atoms with E-state index in [4.69, 9.17) is 20.6 Å². The number of pyridine rings is 2. The van der Waals surface area contributed by atoms with Crippen LogP contribution in [0.5, 0.6) is 0 Å². The van der Waals surface area contributed by atoms with Gasteiger partial charge in [0.15, 0.2) is 5.84 Å². The summed E-state index contributed by atoms with van der Waals surface area (Å²) < 4.78 is 5.16. The highest BCUT2D eigenvalue weighted by Crippen LogP contribution is 2.22. The molecule has 0 amide bonds. The van der Waals surface area contributed by atoms with Crippen LogP contribution < -0.4 is 5.73 Å². The van der Waals surface area contributed by atoms with E-state index in [2.05, 4.69) is 25.3 Å². The van der Waals surface area contributed by atoms with Gasteiger partial charge in [0.2, 0.25) is 5.82 Å². The number of carboxylic acid groups (broad SMARTS) is 1. The lowest BCUT2D eigenvalue weighted by Gasteiger charge is -1.96. The van der Waals surface area contributed by atoms with E-state index in [1.54, 1.807) is 48.9 Å². The van der Waals surface area contributed by atoms with Crippen molar-refractivity contribution in [2.75, 3.05) is 0 Å². The van der Waals surface area contributed by atoms with Crippen molar-refractivity contribution in [1.29, 1.82) is 0 Å². The third-order valence-corrected chi connectivity index (χ3v) is 3.77. The van der Waals surface area contributed by atoms with Crippen LogP contribution in [0.4, 0.5) is 0 Å². The minimum absolute atomic E-state index is 0.0769. The average Bonchev–Trinajstić information content (AvgIpc) is 3.31. The lowest BCUT2D eigenvalue weighted by molar-refractivity contribution is 0.0697. The smallest absolute Gasteiger partial charge is 0.335 e. The predicted octanol–water partition coefficient (Wildman–Crippen LogP) is 2.67. The molecule has 3 heterocycles. The summed E-state index contributed by atoms with van der Waals surface area (Å²) in [6, 6.07) is 13.4. The summed E-state index contributed by atoms with van der Waals surface area (Å²) in [5, 5.41) is 23.9. The first kappa shape index (κ1) is 20.1. The number of aromatic nitrogens is 4. The molecule has 0 radical (unpaired) electrons. The molecular formula is C20H16N6O4. The molecule has 0 saturated heterocycles. The predicted molar refractivity (Wildman–Crippen MR) is 107 cm³/mol. The van der Waals surface area contributed by atoms with E-state index in [0.717, 1.165) is 5.56 Å². The fraction of sp³-hybridized carbons (Fsp3) is 0. The molecule has 10 heteroatoms. The quantitative estimate of drug-likeness (QED) is 0.201. The first-order chi connectivity index (χ1) is 14.6. The largest absolute Gasteiger partial charge is 0.478 e. The van der Waals surface area contributed by atoms with Gasteiger partial charge < -0.3 is 20.6 Å². The summed E-state index contributed by atoms with van der Waals surface area (Å²) in [5.74, 6) is -0.243. The first-order valence-corrected chi connectivity index (χ1v) is 8.54. The monoisotopic (exact) mass is 404 g/mol. The summed E-state index contributed by atoms with van der Waals surface area (Å²) in [6.07, 6.45) is 6.42. The van der Waals surface area contributed by atoms with Crippen LogP contribution in [0, 0.1) is 0 Å².